The minimum absolute atomic E-state index is 0.158. The van der Waals surface area contributed by atoms with Gasteiger partial charge in [0.2, 0.25) is 0 Å². The lowest BCUT2D eigenvalue weighted by Gasteiger charge is -2.32. The zero-order valence-electron chi connectivity index (χ0n) is 16.7. The lowest BCUT2D eigenvalue weighted by molar-refractivity contribution is -0.136. The van der Waals surface area contributed by atoms with Gasteiger partial charge in [-0.2, -0.15) is 0 Å². The molecule has 1 amide bonds. The van der Waals surface area contributed by atoms with Gasteiger partial charge in [0.15, 0.2) is 0 Å². The SMILES string of the molecule is O=C(O)Cc1cc(OC2CCN(C(=O)c3ccc(F)cc3)CC2)c2cc(F)ccc2c1. The third-order valence-electron chi connectivity index (χ3n) is 5.41. The molecule has 7 heteroatoms. The number of piperidine rings is 1. The summed E-state index contributed by atoms with van der Waals surface area (Å²) < 4.78 is 33.1. The first-order valence-corrected chi connectivity index (χ1v) is 10.0. The van der Waals surface area contributed by atoms with Gasteiger partial charge in [-0.15, -0.1) is 0 Å². The van der Waals surface area contributed by atoms with E-state index in [2.05, 4.69) is 0 Å². The summed E-state index contributed by atoms with van der Waals surface area (Å²) in [5.74, 6) is -1.47. The predicted octanol–water partition coefficient (Wildman–Crippen LogP) is 4.43. The molecule has 5 nitrogen and oxygen atoms in total. The first-order valence-electron chi connectivity index (χ1n) is 10.0. The van der Waals surface area contributed by atoms with E-state index in [1.54, 1.807) is 23.1 Å². The summed E-state index contributed by atoms with van der Waals surface area (Å²) >= 11 is 0. The van der Waals surface area contributed by atoms with Crippen LogP contribution in [0.5, 0.6) is 5.75 Å². The predicted molar refractivity (Wildman–Crippen MR) is 111 cm³/mol. The highest BCUT2D eigenvalue weighted by molar-refractivity contribution is 5.94. The summed E-state index contributed by atoms with van der Waals surface area (Å²) in [5, 5.41) is 10.4. The van der Waals surface area contributed by atoms with Crippen LogP contribution < -0.4 is 4.74 Å². The zero-order chi connectivity index (χ0) is 22.0. The number of carbonyl (C=O) groups is 2. The molecule has 1 N–H and O–H groups in total. The summed E-state index contributed by atoms with van der Waals surface area (Å²) in [6.45, 7) is 0.948. The van der Waals surface area contributed by atoms with Crippen molar-refractivity contribution in [3.63, 3.8) is 0 Å². The number of amides is 1. The Hall–Kier alpha value is -3.48. The van der Waals surface area contributed by atoms with Crippen LogP contribution in [0.4, 0.5) is 8.78 Å². The molecule has 3 aromatic carbocycles. The largest absolute Gasteiger partial charge is 0.490 e. The number of ether oxygens (including phenoxy) is 1. The summed E-state index contributed by atoms with van der Waals surface area (Å²) in [4.78, 5) is 25.4. The molecule has 160 valence electrons. The molecular formula is C24H21F2NO4. The van der Waals surface area contributed by atoms with E-state index < -0.39 is 17.6 Å². The van der Waals surface area contributed by atoms with Gasteiger partial charge < -0.3 is 14.7 Å². The highest BCUT2D eigenvalue weighted by Gasteiger charge is 2.25. The van der Waals surface area contributed by atoms with Crippen LogP contribution >= 0.6 is 0 Å². The standard InChI is InChI=1S/C24H21F2NO4/c25-18-4-1-16(2-5-18)24(30)27-9-7-20(8-10-27)31-22-12-15(13-23(28)29)11-17-3-6-19(26)14-21(17)22/h1-6,11-12,14,20H,7-10,13H2,(H,28,29). The molecule has 4 rings (SSSR count). The summed E-state index contributed by atoms with van der Waals surface area (Å²) in [6.07, 6.45) is 0.803. The maximum absolute atomic E-state index is 13.8. The minimum Gasteiger partial charge on any atom is -0.490 e. The van der Waals surface area contributed by atoms with Gasteiger partial charge in [-0.1, -0.05) is 12.1 Å². The van der Waals surface area contributed by atoms with Gasteiger partial charge in [0.1, 0.15) is 23.5 Å². The number of carbonyl (C=O) groups excluding carboxylic acids is 1. The molecule has 0 unspecified atom stereocenters. The van der Waals surface area contributed by atoms with E-state index >= 15 is 0 Å². The molecule has 0 atom stereocenters. The van der Waals surface area contributed by atoms with Crippen molar-refractivity contribution < 1.29 is 28.2 Å². The molecule has 0 aliphatic carbocycles. The summed E-state index contributed by atoms with van der Waals surface area (Å²) in [5.41, 5.74) is 1.01. The number of hydrogen-bond acceptors (Lipinski definition) is 3. The number of aliphatic carboxylic acids is 1. The number of fused-ring (bicyclic) bond motifs is 1. The zero-order valence-corrected chi connectivity index (χ0v) is 16.7. The van der Waals surface area contributed by atoms with Crippen LogP contribution in [0.3, 0.4) is 0 Å². The van der Waals surface area contributed by atoms with Crippen molar-refractivity contribution in [2.24, 2.45) is 0 Å². The molecule has 0 spiro atoms. The van der Waals surface area contributed by atoms with Gasteiger partial charge in [-0.05, 0) is 53.4 Å². The maximum Gasteiger partial charge on any atom is 0.307 e. The van der Waals surface area contributed by atoms with Crippen LogP contribution in [0, 0.1) is 11.6 Å². The number of carboxylic acid groups (broad SMARTS) is 1. The minimum atomic E-state index is -0.958. The molecule has 0 bridgehead atoms. The topological polar surface area (TPSA) is 66.8 Å². The number of hydrogen-bond donors (Lipinski definition) is 1. The van der Waals surface area contributed by atoms with Crippen molar-refractivity contribution in [2.45, 2.75) is 25.4 Å². The third-order valence-corrected chi connectivity index (χ3v) is 5.41. The van der Waals surface area contributed by atoms with Gasteiger partial charge in [0.25, 0.3) is 5.91 Å². The number of nitrogens with zero attached hydrogens (tertiary/aromatic N) is 1. The van der Waals surface area contributed by atoms with Crippen LogP contribution in [0.25, 0.3) is 10.8 Å². The number of rotatable bonds is 5. The second kappa shape index (κ2) is 8.71. The number of benzene rings is 3. The van der Waals surface area contributed by atoms with Gasteiger partial charge in [0, 0.05) is 36.9 Å². The van der Waals surface area contributed by atoms with Crippen molar-refractivity contribution in [3.8, 4) is 5.75 Å². The average molecular weight is 425 g/mol. The van der Waals surface area contributed by atoms with Gasteiger partial charge in [-0.25, -0.2) is 8.78 Å². The lowest BCUT2D eigenvalue weighted by Crippen LogP contribution is -2.41. The maximum atomic E-state index is 13.8. The second-order valence-electron chi connectivity index (χ2n) is 7.65. The van der Waals surface area contributed by atoms with Crippen LogP contribution in [0.2, 0.25) is 0 Å². The Morgan fingerprint density at radius 1 is 0.968 bits per heavy atom. The molecule has 31 heavy (non-hydrogen) atoms. The Balaban J connectivity index is 1.48. The molecule has 3 aromatic rings. The smallest absolute Gasteiger partial charge is 0.307 e. The van der Waals surface area contributed by atoms with E-state index in [9.17, 15) is 18.4 Å². The molecular weight excluding hydrogens is 404 g/mol. The first-order chi connectivity index (χ1) is 14.9. The molecule has 1 saturated heterocycles. The van der Waals surface area contributed by atoms with E-state index in [1.165, 1.54) is 36.4 Å². The first kappa shape index (κ1) is 20.8. The number of carboxylic acids is 1. The monoisotopic (exact) mass is 425 g/mol. The summed E-state index contributed by atoms with van der Waals surface area (Å²) in [7, 11) is 0. The number of likely N-dealkylation sites (tertiary alicyclic amines) is 1. The van der Waals surface area contributed by atoms with Crippen LogP contribution in [0.1, 0.15) is 28.8 Å². The Kier molecular flexibility index (Phi) is 5.84. The second-order valence-corrected chi connectivity index (χ2v) is 7.65. The molecule has 1 fully saturated rings. The fourth-order valence-electron chi connectivity index (χ4n) is 3.86. The molecule has 0 aromatic heterocycles. The summed E-state index contributed by atoms with van der Waals surface area (Å²) in [6, 6.07) is 13.1. The quantitative estimate of drug-likeness (QED) is 0.657. The van der Waals surface area contributed by atoms with Crippen LogP contribution in [0.15, 0.2) is 54.6 Å². The highest BCUT2D eigenvalue weighted by Crippen LogP contribution is 2.31. The van der Waals surface area contributed by atoms with E-state index in [0.717, 1.165) is 0 Å². The van der Waals surface area contributed by atoms with E-state index in [4.69, 9.17) is 9.84 Å². The molecule has 1 heterocycles. The Labute approximate surface area is 177 Å². The normalized spacial score (nSPS) is 14.6. The average Bonchev–Trinajstić information content (AvgIpc) is 2.74. The fourth-order valence-corrected chi connectivity index (χ4v) is 3.86. The van der Waals surface area contributed by atoms with E-state index in [0.29, 0.717) is 53.6 Å². The van der Waals surface area contributed by atoms with Crippen molar-refractivity contribution >= 4 is 22.6 Å². The van der Waals surface area contributed by atoms with Crippen molar-refractivity contribution in [1.82, 2.24) is 4.90 Å². The number of halogens is 2. The molecule has 0 saturated carbocycles. The molecule has 0 radical (unpaired) electrons. The van der Waals surface area contributed by atoms with Gasteiger partial charge in [-0.3, -0.25) is 9.59 Å². The fraction of sp³-hybridized carbons (Fsp3) is 0.250. The van der Waals surface area contributed by atoms with Crippen LogP contribution in [-0.2, 0) is 11.2 Å². The molecule has 1 aliphatic heterocycles. The Morgan fingerprint density at radius 3 is 2.32 bits per heavy atom. The van der Waals surface area contributed by atoms with E-state index in [-0.39, 0.29) is 18.4 Å². The third kappa shape index (κ3) is 4.82. The Bertz CT molecular complexity index is 1120. The van der Waals surface area contributed by atoms with Crippen molar-refractivity contribution in [1.29, 1.82) is 0 Å². The highest BCUT2D eigenvalue weighted by atomic mass is 19.1. The van der Waals surface area contributed by atoms with Gasteiger partial charge >= 0.3 is 5.97 Å². The van der Waals surface area contributed by atoms with Crippen molar-refractivity contribution in [3.05, 3.63) is 77.4 Å². The Morgan fingerprint density at radius 2 is 1.65 bits per heavy atom. The van der Waals surface area contributed by atoms with Crippen LogP contribution in [-0.4, -0.2) is 41.1 Å². The van der Waals surface area contributed by atoms with Crippen molar-refractivity contribution in [2.75, 3.05) is 13.1 Å². The lowest BCUT2D eigenvalue weighted by atomic mass is 10.0. The molecule has 1 aliphatic rings. The van der Waals surface area contributed by atoms with Gasteiger partial charge in [0.05, 0.1) is 6.42 Å². The van der Waals surface area contributed by atoms with E-state index in [1.807, 2.05) is 0 Å².